The summed E-state index contributed by atoms with van der Waals surface area (Å²) in [5, 5.41) is 10.4. The molecule has 0 aliphatic carbocycles. The van der Waals surface area contributed by atoms with Crippen LogP contribution in [0.1, 0.15) is 24.5 Å². The molecule has 21 heavy (non-hydrogen) atoms. The molecule has 0 spiro atoms. The second kappa shape index (κ2) is 7.78. The van der Waals surface area contributed by atoms with Crippen LogP contribution >= 0.6 is 0 Å². The van der Waals surface area contributed by atoms with Gasteiger partial charge in [-0.1, -0.05) is 12.1 Å². The second-order valence-corrected chi connectivity index (χ2v) is 6.26. The number of rotatable bonds is 6. The molecule has 1 N–H and O–H groups in total. The van der Waals surface area contributed by atoms with E-state index in [2.05, 4.69) is 23.9 Å². The Bertz CT molecular complexity index is 431. The first-order valence-electron chi connectivity index (χ1n) is 7.77. The van der Waals surface area contributed by atoms with Gasteiger partial charge in [-0.05, 0) is 63.6 Å². The van der Waals surface area contributed by atoms with E-state index in [1.807, 2.05) is 24.3 Å². The largest absolute Gasteiger partial charge is 0.497 e. The third-order valence-electron chi connectivity index (χ3n) is 4.37. The standard InChI is InChI=1S/C17H28N2O2/c1-18-9-7-14(8-10-18)12-19(2)13-17(20)15-5-4-6-16(11-15)21-3/h4-6,11,14,17,20H,7-10,12-13H2,1-3H3. The van der Waals surface area contributed by atoms with Gasteiger partial charge in [0.25, 0.3) is 0 Å². The van der Waals surface area contributed by atoms with Crippen LogP contribution in [0.3, 0.4) is 0 Å². The number of nitrogens with zero attached hydrogens (tertiary/aromatic N) is 2. The molecule has 4 nitrogen and oxygen atoms in total. The summed E-state index contributed by atoms with van der Waals surface area (Å²) in [4.78, 5) is 4.64. The summed E-state index contributed by atoms with van der Waals surface area (Å²) in [5.74, 6) is 1.55. The zero-order valence-corrected chi connectivity index (χ0v) is 13.5. The Morgan fingerprint density at radius 2 is 2.10 bits per heavy atom. The number of hydrogen-bond acceptors (Lipinski definition) is 4. The summed E-state index contributed by atoms with van der Waals surface area (Å²) in [6.07, 6.45) is 2.06. The summed E-state index contributed by atoms with van der Waals surface area (Å²) in [7, 11) is 5.94. The van der Waals surface area contributed by atoms with Crippen molar-refractivity contribution in [3.05, 3.63) is 29.8 Å². The number of likely N-dealkylation sites (N-methyl/N-ethyl adjacent to an activating group) is 1. The van der Waals surface area contributed by atoms with Crippen molar-refractivity contribution >= 4 is 0 Å². The molecular weight excluding hydrogens is 264 g/mol. The normalized spacial score (nSPS) is 18.9. The minimum Gasteiger partial charge on any atom is -0.497 e. The third kappa shape index (κ3) is 4.99. The zero-order valence-electron chi connectivity index (χ0n) is 13.5. The lowest BCUT2D eigenvalue weighted by molar-refractivity contribution is 0.106. The number of piperidine rings is 1. The first-order valence-corrected chi connectivity index (χ1v) is 7.77. The highest BCUT2D eigenvalue weighted by Crippen LogP contribution is 2.21. The van der Waals surface area contributed by atoms with E-state index < -0.39 is 6.10 Å². The quantitative estimate of drug-likeness (QED) is 0.870. The summed E-state index contributed by atoms with van der Waals surface area (Å²) < 4.78 is 5.21. The van der Waals surface area contributed by atoms with Crippen LogP contribution in [-0.4, -0.2) is 62.3 Å². The van der Waals surface area contributed by atoms with Crippen LogP contribution in [0, 0.1) is 5.92 Å². The van der Waals surface area contributed by atoms with Crippen LogP contribution in [0.2, 0.25) is 0 Å². The van der Waals surface area contributed by atoms with Gasteiger partial charge in [0.05, 0.1) is 13.2 Å². The molecule has 1 aromatic rings. The molecule has 0 amide bonds. The second-order valence-electron chi connectivity index (χ2n) is 6.26. The Kier molecular flexibility index (Phi) is 6.03. The van der Waals surface area contributed by atoms with Gasteiger partial charge in [-0.3, -0.25) is 0 Å². The van der Waals surface area contributed by atoms with Gasteiger partial charge >= 0.3 is 0 Å². The monoisotopic (exact) mass is 292 g/mol. The first-order chi connectivity index (χ1) is 10.1. The highest BCUT2D eigenvalue weighted by Gasteiger charge is 2.19. The lowest BCUT2D eigenvalue weighted by atomic mass is 9.96. The Morgan fingerprint density at radius 3 is 2.76 bits per heavy atom. The fourth-order valence-electron chi connectivity index (χ4n) is 3.01. The highest BCUT2D eigenvalue weighted by atomic mass is 16.5. The van der Waals surface area contributed by atoms with Crippen molar-refractivity contribution in [1.29, 1.82) is 0 Å². The number of aliphatic hydroxyl groups is 1. The SMILES string of the molecule is COc1cccc(C(O)CN(C)CC2CCN(C)CC2)c1. The molecule has 4 heteroatoms. The molecular formula is C17H28N2O2. The zero-order chi connectivity index (χ0) is 15.2. The molecule has 1 heterocycles. The fourth-order valence-corrected chi connectivity index (χ4v) is 3.01. The van der Waals surface area contributed by atoms with Gasteiger partial charge in [0.15, 0.2) is 0 Å². The number of likely N-dealkylation sites (tertiary alicyclic amines) is 1. The number of aliphatic hydroxyl groups excluding tert-OH is 1. The predicted molar refractivity (Wildman–Crippen MR) is 85.7 cm³/mol. The fraction of sp³-hybridized carbons (Fsp3) is 0.647. The molecule has 2 rings (SSSR count). The molecule has 118 valence electrons. The Hall–Kier alpha value is -1.10. The number of methoxy groups -OCH3 is 1. The van der Waals surface area contributed by atoms with Crippen LogP contribution in [0.25, 0.3) is 0 Å². The van der Waals surface area contributed by atoms with Crippen molar-refractivity contribution in [2.45, 2.75) is 18.9 Å². The van der Waals surface area contributed by atoms with Gasteiger partial charge in [-0.25, -0.2) is 0 Å². The summed E-state index contributed by atoms with van der Waals surface area (Å²) in [5.41, 5.74) is 0.921. The Labute approximate surface area is 128 Å². The number of ether oxygens (including phenoxy) is 1. The maximum atomic E-state index is 10.4. The molecule has 1 saturated heterocycles. The molecule has 0 aromatic heterocycles. The average Bonchev–Trinajstić information content (AvgIpc) is 2.49. The van der Waals surface area contributed by atoms with Crippen molar-refractivity contribution in [3.63, 3.8) is 0 Å². The van der Waals surface area contributed by atoms with Gasteiger partial charge in [-0.15, -0.1) is 0 Å². The Morgan fingerprint density at radius 1 is 1.38 bits per heavy atom. The van der Waals surface area contributed by atoms with E-state index in [9.17, 15) is 5.11 Å². The minimum atomic E-state index is -0.462. The summed E-state index contributed by atoms with van der Waals surface area (Å²) in [6.45, 7) is 4.11. The Balaban J connectivity index is 1.82. The van der Waals surface area contributed by atoms with Crippen LogP contribution in [-0.2, 0) is 0 Å². The summed E-state index contributed by atoms with van der Waals surface area (Å²) >= 11 is 0. The maximum absolute atomic E-state index is 10.4. The van der Waals surface area contributed by atoms with Crippen molar-refractivity contribution in [2.24, 2.45) is 5.92 Å². The van der Waals surface area contributed by atoms with Gasteiger partial charge in [-0.2, -0.15) is 0 Å². The third-order valence-corrected chi connectivity index (χ3v) is 4.37. The lowest BCUT2D eigenvalue weighted by Gasteiger charge is -2.32. The molecule has 1 atom stereocenters. The molecule has 1 aromatic carbocycles. The van der Waals surface area contributed by atoms with E-state index in [0.29, 0.717) is 6.54 Å². The van der Waals surface area contributed by atoms with Gasteiger partial charge in [0.1, 0.15) is 5.75 Å². The van der Waals surface area contributed by atoms with E-state index in [1.165, 1.54) is 25.9 Å². The molecule has 0 radical (unpaired) electrons. The van der Waals surface area contributed by atoms with Crippen molar-refractivity contribution in [3.8, 4) is 5.75 Å². The molecule has 1 aliphatic heterocycles. The van der Waals surface area contributed by atoms with Crippen molar-refractivity contribution in [1.82, 2.24) is 9.80 Å². The van der Waals surface area contributed by atoms with Crippen molar-refractivity contribution in [2.75, 3.05) is 47.4 Å². The van der Waals surface area contributed by atoms with Gasteiger partial charge in [0.2, 0.25) is 0 Å². The smallest absolute Gasteiger partial charge is 0.119 e. The topological polar surface area (TPSA) is 35.9 Å². The molecule has 0 saturated carbocycles. The molecule has 1 fully saturated rings. The van der Waals surface area contributed by atoms with Crippen LogP contribution < -0.4 is 4.74 Å². The number of benzene rings is 1. The van der Waals surface area contributed by atoms with Gasteiger partial charge < -0.3 is 19.6 Å². The summed E-state index contributed by atoms with van der Waals surface area (Å²) in [6, 6.07) is 7.69. The number of hydrogen-bond donors (Lipinski definition) is 1. The minimum absolute atomic E-state index is 0.462. The molecule has 0 bridgehead atoms. The highest BCUT2D eigenvalue weighted by molar-refractivity contribution is 5.29. The van der Waals surface area contributed by atoms with Gasteiger partial charge in [0, 0.05) is 13.1 Å². The molecule has 1 unspecified atom stereocenters. The predicted octanol–water partition coefficient (Wildman–Crippen LogP) is 2.00. The van der Waals surface area contributed by atoms with Crippen LogP contribution in [0.5, 0.6) is 5.75 Å². The van der Waals surface area contributed by atoms with E-state index in [4.69, 9.17) is 4.74 Å². The van der Waals surface area contributed by atoms with E-state index in [1.54, 1.807) is 7.11 Å². The van der Waals surface area contributed by atoms with E-state index in [-0.39, 0.29) is 0 Å². The van der Waals surface area contributed by atoms with E-state index >= 15 is 0 Å². The average molecular weight is 292 g/mol. The van der Waals surface area contributed by atoms with E-state index in [0.717, 1.165) is 23.8 Å². The van der Waals surface area contributed by atoms with Crippen molar-refractivity contribution < 1.29 is 9.84 Å². The maximum Gasteiger partial charge on any atom is 0.119 e. The van der Waals surface area contributed by atoms with Crippen LogP contribution in [0.4, 0.5) is 0 Å². The first kappa shape index (κ1) is 16.3. The lowest BCUT2D eigenvalue weighted by Crippen LogP contribution is -2.37. The molecule has 1 aliphatic rings. The van der Waals surface area contributed by atoms with Crippen LogP contribution in [0.15, 0.2) is 24.3 Å².